The minimum Gasteiger partial charge on any atom is -0.283 e. The molecule has 3 rings (SSSR count). The molecule has 1 fully saturated rings. The molecular weight excluding hydrogens is 339 g/mol. The number of fused-ring (bicyclic) bond motifs is 2. The summed E-state index contributed by atoms with van der Waals surface area (Å²) >= 11 is 5.59. The number of hydrogen-bond donors (Lipinski definition) is 1. The highest BCUT2D eigenvalue weighted by molar-refractivity contribution is 7.93. The van der Waals surface area contributed by atoms with Gasteiger partial charge in [-0.25, -0.2) is 8.42 Å². The first-order chi connectivity index (χ1) is 10.2. The van der Waals surface area contributed by atoms with E-state index in [1.807, 2.05) is 12.2 Å². The van der Waals surface area contributed by atoms with Gasteiger partial charge < -0.3 is 0 Å². The van der Waals surface area contributed by atoms with Crippen molar-refractivity contribution in [3.63, 3.8) is 0 Å². The lowest BCUT2D eigenvalue weighted by molar-refractivity contribution is -0.136. The maximum Gasteiger partial charge on any atom is 0.418 e. The molecule has 1 aromatic rings. The number of rotatable bonds is 3. The predicted octanol–water partition coefficient (Wildman–Crippen LogP) is 4.07. The van der Waals surface area contributed by atoms with Crippen LogP contribution in [-0.2, 0) is 16.2 Å². The summed E-state index contributed by atoms with van der Waals surface area (Å²) in [6, 6.07) is 3.00. The lowest BCUT2D eigenvalue weighted by Crippen LogP contribution is -2.31. The molecule has 2 bridgehead atoms. The first-order valence-electron chi connectivity index (χ1n) is 6.73. The average Bonchev–Trinajstić information content (AvgIpc) is 3.02. The maximum atomic E-state index is 13.0. The molecule has 2 aliphatic rings. The first kappa shape index (κ1) is 15.7. The van der Waals surface area contributed by atoms with Crippen LogP contribution < -0.4 is 4.72 Å². The molecule has 0 aromatic heterocycles. The molecule has 0 amide bonds. The Morgan fingerprint density at radius 1 is 1.18 bits per heavy atom. The Labute approximate surface area is 131 Å². The molecule has 0 spiro atoms. The highest BCUT2D eigenvalue weighted by Crippen LogP contribution is 2.44. The van der Waals surface area contributed by atoms with E-state index < -0.39 is 32.7 Å². The summed E-state index contributed by atoms with van der Waals surface area (Å²) in [5.41, 5.74) is -1.56. The van der Waals surface area contributed by atoms with Gasteiger partial charge >= 0.3 is 6.18 Å². The average molecular weight is 352 g/mol. The molecule has 3 atom stereocenters. The fraction of sp³-hybridized carbons (Fsp3) is 0.429. The Morgan fingerprint density at radius 3 is 2.45 bits per heavy atom. The Hall–Kier alpha value is -1.21. The third-order valence-electron chi connectivity index (χ3n) is 4.16. The van der Waals surface area contributed by atoms with E-state index in [9.17, 15) is 21.6 Å². The molecule has 3 unspecified atom stereocenters. The normalized spacial score (nSPS) is 27.4. The van der Waals surface area contributed by atoms with Gasteiger partial charge in [-0.1, -0.05) is 23.8 Å². The number of anilines is 1. The van der Waals surface area contributed by atoms with Crippen molar-refractivity contribution in [1.29, 1.82) is 0 Å². The Balaban J connectivity index is 1.91. The van der Waals surface area contributed by atoms with E-state index in [2.05, 4.69) is 4.72 Å². The molecule has 120 valence electrons. The molecule has 3 nitrogen and oxygen atoms in total. The number of nitrogens with one attached hydrogen (secondary N) is 1. The lowest BCUT2D eigenvalue weighted by Gasteiger charge is -2.21. The number of hydrogen-bond acceptors (Lipinski definition) is 2. The van der Waals surface area contributed by atoms with Crippen molar-refractivity contribution in [2.24, 2.45) is 11.8 Å². The van der Waals surface area contributed by atoms with Gasteiger partial charge in [0.25, 0.3) is 0 Å². The summed E-state index contributed by atoms with van der Waals surface area (Å²) in [7, 11) is -3.88. The Morgan fingerprint density at radius 2 is 1.91 bits per heavy atom. The SMILES string of the molecule is O=S(=O)(Nc1ccc(Cl)cc1C(F)(F)F)C1CC2C=CC1C2. The van der Waals surface area contributed by atoms with Gasteiger partial charge in [0.05, 0.1) is 16.5 Å². The van der Waals surface area contributed by atoms with Crippen molar-refractivity contribution in [1.82, 2.24) is 0 Å². The van der Waals surface area contributed by atoms with Crippen molar-refractivity contribution in [3.8, 4) is 0 Å². The highest BCUT2D eigenvalue weighted by atomic mass is 35.5. The van der Waals surface area contributed by atoms with Gasteiger partial charge in [-0.3, -0.25) is 4.72 Å². The van der Waals surface area contributed by atoms with Crippen LogP contribution in [-0.4, -0.2) is 13.7 Å². The van der Waals surface area contributed by atoms with E-state index in [4.69, 9.17) is 11.6 Å². The molecule has 1 saturated carbocycles. The van der Waals surface area contributed by atoms with Crippen LogP contribution in [0, 0.1) is 11.8 Å². The van der Waals surface area contributed by atoms with Gasteiger partial charge in [-0.2, -0.15) is 13.2 Å². The summed E-state index contributed by atoms with van der Waals surface area (Å²) in [4.78, 5) is 0. The molecule has 8 heteroatoms. The smallest absolute Gasteiger partial charge is 0.283 e. The van der Waals surface area contributed by atoms with E-state index in [-0.39, 0.29) is 16.9 Å². The van der Waals surface area contributed by atoms with E-state index in [1.165, 1.54) is 6.07 Å². The van der Waals surface area contributed by atoms with Gasteiger partial charge in [0.15, 0.2) is 0 Å². The molecule has 0 heterocycles. The molecule has 0 aliphatic heterocycles. The van der Waals surface area contributed by atoms with Gasteiger partial charge in [-0.15, -0.1) is 0 Å². The van der Waals surface area contributed by atoms with Crippen molar-refractivity contribution in [2.75, 3.05) is 4.72 Å². The van der Waals surface area contributed by atoms with Crippen LogP contribution in [0.5, 0.6) is 0 Å². The number of alkyl halides is 3. The van der Waals surface area contributed by atoms with Crippen molar-refractivity contribution < 1.29 is 21.6 Å². The number of allylic oxidation sites excluding steroid dienone is 2. The van der Waals surface area contributed by atoms with Gasteiger partial charge in [-0.05, 0) is 42.9 Å². The largest absolute Gasteiger partial charge is 0.418 e. The van der Waals surface area contributed by atoms with E-state index in [0.29, 0.717) is 6.42 Å². The Bertz CT molecular complexity index is 730. The fourth-order valence-corrected chi connectivity index (χ4v) is 5.13. The third-order valence-corrected chi connectivity index (χ3v) is 6.23. The van der Waals surface area contributed by atoms with Crippen molar-refractivity contribution >= 4 is 27.3 Å². The van der Waals surface area contributed by atoms with E-state index in [1.54, 1.807) is 0 Å². The molecule has 0 radical (unpaired) electrons. The topological polar surface area (TPSA) is 46.2 Å². The molecule has 2 aliphatic carbocycles. The van der Waals surface area contributed by atoms with Crippen LogP contribution in [0.15, 0.2) is 30.4 Å². The van der Waals surface area contributed by atoms with Gasteiger partial charge in [0.1, 0.15) is 0 Å². The molecule has 1 N–H and O–H groups in total. The lowest BCUT2D eigenvalue weighted by atomic mass is 10.1. The Kier molecular flexibility index (Phi) is 3.68. The van der Waals surface area contributed by atoms with E-state index in [0.717, 1.165) is 18.6 Å². The zero-order valence-corrected chi connectivity index (χ0v) is 12.8. The minimum atomic E-state index is -4.68. The van der Waals surface area contributed by atoms with Crippen LogP contribution in [0.4, 0.5) is 18.9 Å². The zero-order chi connectivity index (χ0) is 16.1. The summed E-state index contributed by atoms with van der Waals surface area (Å²) in [5, 5.41) is -0.780. The van der Waals surface area contributed by atoms with Crippen LogP contribution >= 0.6 is 11.6 Å². The van der Waals surface area contributed by atoms with Crippen LogP contribution in [0.25, 0.3) is 0 Å². The second-order valence-corrected chi connectivity index (χ2v) is 7.99. The van der Waals surface area contributed by atoms with Crippen molar-refractivity contribution in [2.45, 2.75) is 24.3 Å². The summed E-state index contributed by atoms with van der Waals surface area (Å²) in [6.45, 7) is 0. The standard InChI is InChI=1S/C14H13ClF3NO2S/c15-10-3-4-12(11(7-10)14(16,17)18)19-22(20,21)13-6-8-1-2-9(13)5-8/h1-4,7-9,13,19H,5-6H2. The second kappa shape index (κ2) is 5.16. The summed E-state index contributed by atoms with van der Waals surface area (Å²) < 4.78 is 66.0. The molecule has 1 aromatic carbocycles. The molecule has 22 heavy (non-hydrogen) atoms. The predicted molar refractivity (Wildman–Crippen MR) is 78.1 cm³/mol. The number of benzene rings is 1. The number of halogens is 4. The second-order valence-electron chi connectivity index (χ2n) is 5.65. The maximum absolute atomic E-state index is 13.0. The van der Waals surface area contributed by atoms with E-state index >= 15 is 0 Å². The third kappa shape index (κ3) is 2.84. The molecular formula is C14H13ClF3NO2S. The summed E-state index contributed by atoms with van der Waals surface area (Å²) in [6.07, 6.45) is 0.325. The zero-order valence-electron chi connectivity index (χ0n) is 11.3. The van der Waals surface area contributed by atoms with Crippen LogP contribution in [0.2, 0.25) is 5.02 Å². The quantitative estimate of drug-likeness (QED) is 0.834. The summed E-state index contributed by atoms with van der Waals surface area (Å²) in [5.74, 6) is 0.0861. The minimum absolute atomic E-state index is 0.0990. The number of sulfonamides is 1. The molecule has 0 saturated heterocycles. The fourth-order valence-electron chi connectivity index (χ4n) is 3.16. The monoisotopic (exact) mass is 351 g/mol. The van der Waals surface area contributed by atoms with Crippen LogP contribution in [0.1, 0.15) is 18.4 Å². The van der Waals surface area contributed by atoms with Crippen LogP contribution in [0.3, 0.4) is 0 Å². The van der Waals surface area contributed by atoms with Crippen molar-refractivity contribution in [3.05, 3.63) is 40.9 Å². The van der Waals surface area contributed by atoms with Gasteiger partial charge in [0, 0.05) is 5.02 Å². The van der Waals surface area contributed by atoms with Gasteiger partial charge in [0.2, 0.25) is 10.0 Å². The highest BCUT2D eigenvalue weighted by Gasteiger charge is 2.44. The first-order valence-corrected chi connectivity index (χ1v) is 8.66.